The smallest absolute Gasteiger partial charge is 0.305 e. The second-order valence-electron chi connectivity index (χ2n) is 4.44. The van der Waals surface area contributed by atoms with Crippen LogP contribution in [-0.2, 0) is 9.53 Å². The van der Waals surface area contributed by atoms with Gasteiger partial charge in [-0.25, -0.2) is 4.98 Å². The first kappa shape index (κ1) is 15.3. The molecule has 6 heteroatoms. The molecule has 2 rings (SSSR count). The van der Waals surface area contributed by atoms with Crippen molar-refractivity contribution in [2.24, 2.45) is 0 Å². The van der Waals surface area contributed by atoms with Gasteiger partial charge < -0.3 is 10.1 Å². The van der Waals surface area contributed by atoms with Gasteiger partial charge in [-0.2, -0.15) is 0 Å². The topological polar surface area (TPSA) is 68.3 Å². The van der Waals surface area contributed by atoms with Crippen LogP contribution < -0.4 is 5.32 Å². The van der Waals surface area contributed by atoms with E-state index in [0.29, 0.717) is 23.7 Å². The molecule has 1 amide bonds. The number of esters is 1. The third kappa shape index (κ3) is 3.70. The maximum Gasteiger partial charge on any atom is 0.305 e. The number of nitrogens with one attached hydrogen (secondary N) is 1. The first-order valence-corrected chi connectivity index (χ1v) is 6.89. The Kier molecular flexibility index (Phi) is 5.11. The highest BCUT2D eigenvalue weighted by atomic mass is 35.5. The lowest BCUT2D eigenvalue weighted by molar-refractivity contribution is -0.140. The number of carbonyl (C=O) groups is 2. The molecule has 110 valence electrons. The monoisotopic (exact) mass is 306 g/mol. The van der Waals surface area contributed by atoms with Gasteiger partial charge in [0.05, 0.1) is 12.7 Å². The van der Waals surface area contributed by atoms with E-state index in [2.05, 4.69) is 15.0 Å². The molecule has 0 radical (unpaired) electrons. The van der Waals surface area contributed by atoms with Crippen molar-refractivity contribution >= 4 is 34.2 Å². The zero-order valence-corrected chi connectivity index (χ0v) is 12.3. The summed E-state index contributed by atoms with van der Waals surface area (Å²) < 4.78 is 4.54. The Morgan fingerprint density at radius 2 is 2.00 bits per heavy atom. The lowest BCUT2D eigenvalue weighted by Gasteiger charge is -2.08. The number of aromatic nitrogens is 1. The number of halogens is 1. The zero-order chi connectivity index (χ0) is 15.2. The predicted molar refractivity (Wildman–Crippen MR) is 80.3 cm³/mol. The summed E-state index contributed by atoms with van der Waals surface area (Å²) in [5.74, 6) is -0.525. The van der Waals surface area contributed by atoms with Crippen LogP contribution in [0.25, 0.3) is 10.8 Å². The molecular formula is C15H15ClN2O3. The van der Waals surface area contributed by atoms with Gasteiger partial charge in [-0.3, -0.25) is 9.59 Å². The lowest BCUT2D eigenvalue weighted by atomic mass is 10.1. The van der Waals surface area contributed by atoms with Gasteiger partial charge >= 0.3 is 5.97 Å². The number of amides is 1. The first-order valence-electron chi connectivity index (χ1n) is 6.51. The van der Waals surface area contributed by atoms with E-state index >= 15 is 0 Å². The summed E-state index contributed by atoms with van der Waals surface area (Å²) in [6, 6.07) is 7.32. The van der Waals surface area contributed by atoms with Crippen LogP contribution in [0.5, 0.6) is 0 Å². The van der Waals surface area contributed by atoms with E-state index in [4.69, 9.17) is 11.6 Å². The average molecular weight is 307 g/mol. The lowest BCUT2D eigenvalue weighted by Crippen LogP contribution is -2.25. The second kappa shape index (κ2) is 7.04. The van der Waals surface area contributed by atoms with Crippen molar-refractivity contribution in [1.82, 2.24) is 10.3 Å². The summed E-state index contributed by atoms with van der Waals surface area (Å²) in [5.41, 5.74) is 0.466. The number of hydrogen-bond donors (Lipinski definition) is 1. The van der Waals surface area contributed by atoms with Crippen molar-refractivity contribution in [3.05, 3.63) is 41.2 Å². The van der Waals surface area contributed by atoms with Crippen LogP contribution in [0.15, 0.2) is 30.5 Å². The quantitative estimate of drug-likeness (QED) is 0.524. The van der Waals surface area contributed by atoms with E-state index in [1.54, 1.807) is 0 Å². The highest BCUT2D eigenvalue weighted by molar-refractivity contribution is 6.34. The highest BCUT2D eigenvalue weighted by Crippen LogP contribution is 2.23. The van der Waals surface area contributed by atoms with Crippen molar-refractivity contribution in [3.63, 3.8) is 0 Å². The van der Waals surface area contributed by atoms with E-state index < -0.39 is 0 Å². The van der Waals surface area contributed by atoms with E-state index in [0.717, 1.165) is 10.8 Å². The number of benzene rings is 1. The zero-order valence-electron chi connectivity index (χ0n) is 11.6. The fourth-order valence-corrected chi connectivity index (χ4v) is 2.18. The van der Waals surface area contributed by atoms with Gasteiger partial charge in [0.25, 0.3) is 5.91 Å². The molecule has 5 nitrogen and oxygen atoms in total. The van der Waals surface area contributed by atoms with E-state index in [-0.39, 0.29) is 18.3 Å². The number of hydrogen-bond acceptors (Lipinski definition) is 4. The molecule has 21 heavy (non-hydrogen) atoms. The number of nitrogens with zero attached hydrogens (tertiary/aromatic N) is 1. The Morgan fingerprint density at radius 3 is 2.71 bits per heavy atom. The van der Waals surface area contributed by atoms with Crippen LogP contribution in [0.2, 0.25) is 5.15 Å². The minimum Gasteiger partial charge on any atom is -0.469 e. The van der Waals surface area contributed by atoms with Gasteiger partial charge in [0.15, 0.2) is 0 Å². The molecule has 1 N–H and O–H groups in total. The summed E-state index contributed by atoms with van der Waals surface area (Å²) >= 11 is 6.02. The Morgan fingerprint density at radius 1 is 1.29 bits per heavy atom. The second-order valence-corrected chi connectivity index (χ2v) is 4.80. The van der Waals surface area contributed by atoms with Crippen molar-refractivity contribution in [2.45, 2.75) is 12.8 Å². The van der Waals surface area contributed by atoms with Crippen LogP contribution in [0.3, 0.4) is 0 Å². The molecule has 0 unspecified atom stereocenters. The van der Waals surface area contributed by atoms with Crippen molar-refractivity contribution < 1.29 is 14.3 Å². The molecule has 1 aromatic carbocycles. The van der Waals surface area contributed by atoms with E-state index in [9.17, 15) is 9.59 Å². The number of pyridine rings is 1. The van der Waals surface area contributed by atoms with Gasteiger partial charge in [-0.15, -0.1) is 0 Å². The summed E-state index contributed by atoms with van der Waals surface area (Å²) in [5, 5.41) is 4.62. The molecule has 0 atom stereocenters. The Hall–Kier alpha value is -2.14. The van der Waals surface area contributed by atoms with Crippen LogP contribution in [0, 0.1) is 0 Å². The molecule has 0 spiro atoms. The maximum absolute atomic E-state index is 12.2. The molecule has 0 fully saturated rings. The molecule has 0 aliphatic rings. The summed E-state index contributed by atoms with van der Waals surface area (Å²) in [7, 11) is 1.34. The fourth-order valence-electron chi connectivity index (χ4n) is 1.97. The van der Waals surface area contributed by atoms with Crippen molar-refractivity contribution in [1.29, 1.82) is 0 Å². The third-order valence-electron chi connectivity index (χ3n) is 3.06. The highest BCUT2D eigenvalue weighted by Gasteiger charge is 2.12. The SMILES string of the molecule is COC(=O)CCCNC(=O)c1cnc(Cl)c2ccccc12. The van der Waals surface area contributed by atoms with Gasteiger partial charge in [0.1, 0.15) is 5.15 Å². The summed E-state index contributed by atoms with van der Waals surface area (Å²) in [6.45, 7) is 0.394. The van der Waals surface area contributed by atoms with Gasteiger partial charge in [0, 0.05) is 24.5 Å². The van der Waals surface area contributed by atoms with E-state index in [1.165, 1.54) is 13.3 Å². The molecule has 1 heterocycles. The van der Waals surface area contributed by atoms with Crippen LogP contribution in [0.4, 0.5) is 0 Å². The number of methoxy groups -OCH3 is 1. The fraction of sp³-hybridized carbons (Fsp3) is 0.267. The molecular weight excluding hydrogens is 292 g/mol. The molecule has 0 aliphatic heterocycles. The number of ether oxygens (including phenoxy) is 1. The predicted octanol–water partition coefficient (Wildman–Crippen LogP) is 2.57. The van der Waals surface area contributed by atoms with Gasteiger partial charge in [-0.05, 0) is 11.8 Å². The van der Waals surface area contributed by atoms with E-state index in [1.807, 2.05) is 24.3 Å². The molecule has 0 bridgehead atoms. The Bertz CT molecular complexity index is 673. The number of rotatable bonds is 5. The maximum atomic E-state index is 12.2. The van der Waals surface area contributed by atoms with Crippen LogP contribution >= 0.6 is 11.6 Å². The normalized spacial score (nSPS) is 10.4. The van der Waals surface area contributed by atoms with Gasteiger partial charge in [0.2, 0.25) is 0 Å². The molecule has 0 aliphatic carbocycles. The minimum atomic E-state index is -0.289. The Balaban J connectivity index is 2.06. The summed E-state index contributed by atoms with van der Waals surface area (Å²) in [4.78, 5) is 27.2. The molecule has 0 saturated heterocycles. The standard InChI is InChI=1S/C15H15ClN2O3/c1-21-13(19)7-4-8-17-15(20)12-9-18-14(16)11-6-3-2-5-10(11)12/h2-3,5-6,9H,4,7-8H2,1H3,(H,17,20). The van der Waals surface area contributed by atoms with Crippen LogP contribution in [0.1, 0.15) is 23.2 Å². The molecule has 0 saturated carbocycles. The van der Waals surface area contributed by atoms with Crippen molar-refractivity contribution in [3.8, 4) is 0 Å². The molecule has 1 aromatic heterocycles. The third-order valence-corrected chi connectivity index (χ3v) is 3.36. The van der Waals surface area contributed by atoms with Crippen LogP contribution in [-0.4, -0.2) is 30.5 Å². The molecule has 2 aromatic rings. The van der Waals surface area contributed by atoms with Gasteiger partial charge in [-0.1, -0.05) is 35.9 Å². The Labute approximate surface area is 127 Å². The minimum absolute atomic E-state index is 0.236. The summed E-state index contributed by atoms with van der Waals surface area (Å²) in [6.07, 6.45) is 2.26. The largest absolute Gasteiger partial charge is 0.469 e. The average Bonchev–Trinajstić information content (AvgIpc) is 2.51. The number of fused-ring (bicyclic) bond motifs is 1. The van der Waals surface area contributed by atoms with Crippen molar-refractivity contribution in [2.75, 3.05) is 13.7 Å². The number of carbonyl (C=O) groups excluding carboxylic acids is 2. The first-order chi connectivity index (χ1) is 10.1.